The van der Waals surface area contributed by atoms with Gasteiger partial charge in [0, 0.05) is 17.6 Å². The lowest BCUT2D eigenvalue weighted by Crippen LogP contribution is -2.36. The van der Waals surface area contributed by atoms with Crippen molar-refractivity contribution in [3.63, 3.8) is 0 Å². The maximum Gasteiger partial charge on any atom is 0.264 e. The van der Waals surface area contributed by atoms with Gasteiger partial charge in [0.05, 0.1) is 23.0 Å². The van der Waals surface area contributed by atoms with Gasteiger partial charge in [0.2, 0.25) is 0 Å². The second-order valence-corrected chi connectivity index (χ2v) is 10.5. The Hall–Kier alpha value is -2.23. The number of aromatic nitrogens is 2. The van der Waals surface area contributed by atoms with Gasteiger partial charge in [0.15, 0.2) is 0 Å². The Morgan fingerprint density at radius 2 is 2.03 bits per heavy atom. The van der Waals surface area contributed by atoms with Crippen molar-refractivity contribution in [3.05, 3.63) is 47.0 Å². The third-order valence-electron chi connectivity index (χ3n) is 6.05. The summed E-state index contributed by atoms with van der Waals surface area (Å²) in [5.74, 6) is 0.579. The summed E-state index contributed by atoms with van der Waals surface area (Å²) >= 11 is 7.10. The van der Waals surface area contributed by atoms with E-state index in [0.29, 0.717) is 34.4 Å². The zero-order valence-corrected chi connectivity index (χ0v) is 19.8. The minimum absolute atomic E-state index is 0.00587. The van der Waals surface area contributed by atoms with Crippen LogP contribution in [0.1, 0.15) is 37.6 Å². The van der Waals surface area contributed by atoms with Gasteiger partial charge in [-0.3, -0.25) is 9.52 Å². The number of halogens is 1. The summed E-state index contributed by atoms with van der Waals surface area (Å²) in [5.41, 5.74) is 1.22. The molecule has 2 aromatic carbocycles. The first-order chi connectivity index (χ1) is 14.7. The van der Waals surface area contributed by atoms with Gasteiger partial charge in [-0.2, -0.15) is 8.75 Å². The lowest BCUT2D eigenvalue weighted by Gasteiger charge is -2.25. The lowest BCUT2D eigenvalue weighted by molar-refractivity contribution is 0.0731. The Morgan fingerprint density at radius 1 is 1.26 bits per heavy atom. The smallest absolute Gasteiger partial charge is 0.264 e. The first-order valence-electron chi connectivity index (χ1n) is 10.1. The van der Waals surface area contributed by atoms with E-state index in [1.54, 1.807) is 24.3 Å². The van der Waals surface area contributed by atoms with Crippen molar-refractivity contribution in [2.75, 3.05) is 11.3 Å². The van der Waals surface area contributed by atoms with Gasteiger partial charge in [-0.05, 0) is 49.1 Å². The van der Waals surface area contributed by atoms with Crippen molar-refractivity contribution >= 4 is 56.0 Å². The van der Waals surface area contributed by atoms with Crippen LogP contribution in [0.4, 0.5) is 5.69 Å². The molecule has 164 valence electrons. The molecule has 0 aliphatic carbocycles. The summed E-state index contributed by atoms with van der Waals surface area (Å²) in [6.07, 6.45) is 0.984. The van der Waals surface area contributed by atoms with Crippen molar-refractivity contribution in [2.45, 2.75) is 38.1 Å². The summed E-state index contributed by atoms with van der Waals surface area (Å²) < 4.78 is 37.2. The maximum atomic E-state index is 13.4. The van der Waals surface area contributed by atoms with E-state index in [1.165, 1.54) is 12.1 Å². The molecule has 1 aliphatic rings. The monoisotopic (exact) mass is 478 g/mol. The van der Waals surface area contributed by atoms with Gasteiger partial charge in [-0.15, -0.1) is 0 Å². The summed E-state index contributed by atoms with van der Waals surface area (Å²) in [5, 5.41) is 0.331. The van der Waals surface area contributed by atoms with E-state index >= 15 is 0 Å². The molecular weight excluding hydrogens is 456 g/mol. The summed E-state index contributed by atoms with van der Waals surface area (Å²) in [6, 6.07) is 9.49. The molecule has 0 bridgehead atoms. The maximum absolute atomic E-state index is 13.4. The number of nitrogens with zero attached hydrogens (tertiary/aromatic N) is 3. The molecule has 4 rings (SSSR count). The van der Waals surface area contributed by atoms with Crippen LogP contribution in [-0.4, -0.2) is 40.6 Å². The van der Waals surface area contributed by atoms with Gasteiger partial charge in [-0.1, -0.05) is 37.9 Å². The van der Waals surface area contributed by atoms with Crippen molar-refractivity contribution in [1.29, 1.82) is 0 Å². The minimum Gasteiger partial charge on any atom is -0.335 e. The molecule has 1 N–H and O–H groups in total. The Bertz CT molecular complexity index is 1240. The normalized spacial score (nSPS) is 21.5. The molecule has 1 aromatic heterocycles. The van der Waals surface area contributed by atoms with Gasteiger partial charge < -0.3 is 4.90 Å². The van der Waals surface area contributed by atoms with E-state index in [0.717, 1.165) is 18.1 Å². The number of sulfonamides is 1. The van der Waals surface area contributed by atoms with E-state index in [4.69, 9.17) is 11.6 Å². The molecule has 3 aromatic rings. The molecule has 1 aliphatic heterocycles. The first-order valence-corrected chi connectivity index (χ1v) is 12.7. The van der Waals surface area contributed by atoms with E-state index < -0.39 is 10.0 Å². The highest BCUT2D eigenvalue weighted by Gasteiger charge is 2.39. The van der Waals surface area contributed by atoms with Crippen molar-refractivity contribution in [2.24, 2.45) is 11.8 Å². The Kier molecular flexibility index (Phi) is 5.93. The number of carbonyl (C=O) groups is 1. The van der Waals surface area contributed by atoms with E-state index in [2.05, 4.69) is 27.3 Å². The molecule has 0 spiro atoms. The Balaban J connectivity index is 1.71. The number of anilines is 1. The van der Waals surface area contributed by atoms with Crippen molar-refractivity contribution in [1.82, 2.24) is 13.6 Å². The standard InChI is InChI=1S/C21H23ClN4O3S2/c1-4-15-12(2)11-26(13(15)3)21(27)16-9-8-14(22)10-18(16)25-31(28,29)19-7-5-6-17-20(19)24-30-23-17/h5-10,12-13,15,25H,4,11H2,1-3H3. The molecule has 31 heavy (non-hydrogen) atoms. The Labute approximate surface area is 190 Å². The fraction of sp³-hybridized carbons (Fsp3) is 0.381. The average molecular weight is 479 g/mol. The molecule has 1 saturated heterocycles. The molecule has 1 fully saturated rings. The topological polar surface area (TPSA) is 92.3 Å². The number of likely N-dealkylation sites (tertiary alicyclic amines) is 1. The number of fused-ring (bicyclic) bond motifs is 1. The summed E-state index contributed by atoms with van der Waals surface area (Å²) in [6.45, 7) is 6.95. The molecule has 1 amide bonds. The van der Waals surface area contributed by atoms with Crippen LogP contribution in [0.15, 0.2) is 41.3 Å². The first kappa shape index (κ1) is 22.0. The zero-order valence-electron chi connectivity index (χ0n) is 17.4. The van der Waals surface area contributed by atoms with E-state index in [9.17, 15) is 13.2 Å². The van der Waals surface area contributed by atoms with Crippen LogP contribution in [0.3, 0.4) is 0 Å². The fourth-order valence-corrected chi connectivity index (χ4v) is 6.48. The highest BCUT2D eigenvalue weighted by molar-refractivity contribution is 7.93. The summed E-state index contributed by atoms with van der Waals surface area (Å²) in [4.78, 5) is 15.2. The fourth-order valence-electron chi connectivity index (χ4n) is 4.47. The predicted molar refractivity (Wildman–Crippen MR) is 123 cm³/mol. The average Bonchev–Trinajstić information content (AvgIpc) is 3.31. The van der Waals surface area contributed by atoms with Crippen LogP contribution in [0, 0.1) is 11.8 Å². The van der Waals surface area contributed by atoms with Gasteiger partial charge in [-0.25, -0.2) is 8.42 Å². The largest absolute Gasteiger partial charge is 0.335 e. The van der Waals surface area contributed by atoms with E-state index in [1.807, 2.05) is 11.8 Å². The van der Waals surface area contributed by atoms with Crippen LogP contribution in [0.5, 0.6) is 0 Å². The van der Waals surface area contributed by atoms with Gasteiger partial charge in [0.25, 0.3) is 15.9 Å². The predicted octanol–water partition coefficient (Wildman–Crippen LogP) is 4.65. The molecular formula is C21H23ClN4O3S2. The Morgan fingerprint density at radius 3 is 2.74 bits per heavy atom. The third kappa shape index (κ3) is 4.02. The highest BCUT2D eigenvalue weighted by atomic mass is 35.5. The molecule has 0 saturated carbocycles. The molecule has 10 heteroatoms. The molecule has 3 atom stereocenters. The second kappa shape index (κ2) is 8.37. The van der Waals surface area contributed by atoms with E-state index in [-0.39, 0.29) is 28.1 Å². The van der Waals surface area contributed by atoms with Crippen LogP contribution < -0.4 is 4.72 Å². The number of benzene rings is 2. The van der Waals surface area contributed by atoms with Crippen molar-refractivity contribution in [3.8, 4) is 0 Å². The molecule has 3 unspecified atom stereocenters. The van der Waals surface area contributed by atoms with Crippen LogP contribution in [0.25, 0.3) is 11.0 Å². The van der Waals surface area contributed by atoms with Crippen LogP contribution in [0.2, 0.25) is 5.02 Å². The van der Waals surface area contributed by atoms with Gasteiger partial charge >= 0.3 is 0 Å². The quantitative estimate of drug-likeness (QED) is 0.576. The SMILES string of the molecule is CCC1C(C)CN(C(=O)c2ccc(Cl)cc2NS(=O)(=O)c2cccc3nsnc23)C1C. The molecule has 0 radical (unpaired) electrons. The van der Waals surface area contributed by atoms with Gasteiger partial charge in [0.1, 0.15) is 15.9 Å². The molecule has 2 heterocycles. The van der Waals surface area contributed by atoms with Crippen LogP contribution >= 0.6 is 23.3 Å². The summed E-state index contributed by atoms with van der Waals surface area (Å²) in [7, 11) is -4.02. The third-order valence-corrected chi connectivity index (χ3v) is 8.23. The minimum atomic E-state index is -4.02. The second-order valence-electron chi connectivity index (χ2n) is 7.93. The zero-order chi connectivity index (χ0) is 22.3. The highest BCUT2D eigenvalue weighted by Crippen LogP contribution is 2.35. The number of hydrogen-bond acceptors (Lipinski definition) is 6. The number of hydrogen-bond donors (Lipinski definition) is 1. The lowest BCUT2D eigenvalue weighted by atomic mass is 9.90. The van der Waals surface area contributed by atoms with Crippen LogP contribution in [-0.2, 0) is 10.0 Å². The number of rotatable bonds is 5. The number of amides is 1. The number of nitrogens with one attached hydrogen (secondary N) is 1. The van der Waals surface area contributed by atoms with Crippen molar-refractivity contribution < 1.29 is 13.2 Å². The molecule has 7 nitrogen and oxygen atoms in total. The number of carbonyl (C=O) groups excluding carboxylic acids is 1.